The molecule has 1 rings (SSSR count). The molecule has 0 amide bonds. The van der Waals surface area contributed by atoms with E-state index in [4.69, 9.17) is 4.74 Å². The summed E-state index contributed by atoms with van der Waals surface area (Å²) in [5.74, 6) is 0. The lowest BCUT2D eigenvalue weighted by Gasteiger charge is -1.98. The van der Waals surface area contributed by atoms with E-state index in [-0.39, 0.29) is 6.54 Å². The third-order valence-corrected chi connectivity index (χ3v) is 2.29. The van der Waals surface area contributed by atoms with Crippen molar-refractivity contribution in [1.29, 1.82) is 0 Å². The average molecular weight is 302 g/mol. The highest BCUT2D eigenvalue weighted by Gasteiger charge is 2.09. The molecule has 1 aromatic heterocycles. The Morgan fingerprint density at radius 1 is 1.69 bits per heavy atom. The zero-order valence-corrected chi connectivity index (χ0v) is 9.16. The van der Waals surface area contributed by atoms with Gasteiger partial charge < -0.3 is 4.74 Å². The van der Waals surface area contributed by atoms with E-state index in [1.165, 1.54) is 4.68 Å². The maximum atomic E-state index is 12.0. The van der Waals surface area contributed by atoms with Gasteiger partial charge in [-0.25, -0.2) is 8.78 Å². The van der Waals surface area contributed by atoms with Crippen LogP contribution < -0.4 is 0 Å². The predicted molar refractivity (Wildman–Crippen MR) is 51.7 cm³/mol. The van der Waals surface area contributed by atoms with Gasteiger partial charge in [-0.1, -0.05) is 0 Å². The molecule has 0 radical (unpaired) electrons. The summed E-state index contributed by atoms with van der Waals surface area (Å²) in [5, 5.41) is 3.94. The number of nitrogens with zero attached hydrogens (tertiary/aromatic N) is 2. The van der Waals surface area contributed by atoms with E-state index in [0.717, 1.165) is 3.57 Å². The van der Waals surface area contributed by atoms with Crippen LogP contribution >= 0.6 is 22.6 Å². The Hall–Kier alpha value is -0.240. The predicted octanol–water partition coefficient (Wildman–Crippen LogP) is 1.90. The molecule has 0 atom stereocenters. The highest BCUT2D eigenvalue weighted by molar-refractivity contribution is 14.1. The van der Waals surface area contributed by atoms with Crippen molar-refractivity contribution in [3.63, 3.8) is 0 Å². The van der Waals surface area contributed by atoms with Gasteiger partial charge in [0.05, 0.1) is 10.2 Å². The van der Waals surface area contributed by atoms with Gasteiger partial charge in [-0.3, -0.25) is 4.68 Å². The van der Waals surface area contributed by atoms with E-state index in [1.807, 2.05) is 22.6 Å². The van der Waals surface area contributed by atoms with Crippen LogP contribution in [0.1, 0.15) is 5.69 Å². The van der Waals surface area contributed by atoms with Crippen LogP contribution in [0.4, 0.5) is 8.78 Å². The molecule has 3 nitrogen and oxygen atoms in total. The Kier molecular flexibility index (Phi) is 4.04. The van der Waals surface area contributed by atoms with Gasteiger partial charge in [-0.2, -0.15) is 5.10 Å². The Labute approximate surface area is 88.2 Å². The molecule has 0 aliphatic heterocycles. The summed E-state index contributed by atoms with van der Waals surface area (Å²) in [4.78, 5) is 0. The molecule has 0 aliphatic carbocycles. The SMILES string of the molecule is COCc1nn(CC(F)F)cc1I. The molecule has 6 heteroatoms. The molecule has 0 aromatic carbocycles. The van der Waals surface area contributed by atoms with Crippen molar-refractivity contribution in [2.24, 2.45) is 0 Å². The Morgan fingerprint density at radius 3 is 2.92 bits per heavy atom. The van der Waals surface area contributed by atoms with Gasteiger partial charge in [0.15, 0.2) is 0 Å². The Bertz CT molecular complexity index is 277. The molecule has 0 saturated heterocycles. The summed E-state index contributed by atoms with van der Waals surface area (Å²) in [5.41, 5.74) is 0.698. The normalized spacial score (nSPS) is 11.2. The van der Waals surface area contributed by atoms with Crippen molar-refractivity contribution in [3.8, 4) is 0 Å². The molecule has 0 spiro atoms. The maximum Gasteiger partial charge on any atom is 0.257 e. The number of hydrogen-bond donors (Lipinski definition) is 0. The molecule has 0 saturated carbocycles. The van der Waals surface area contributed by atoms with Crippen LogP contribution in [0.25, 0.3) is 0 Å². The van der Waals surface area contributed by atoms with Crippen molar-refractivity contribution in [3.05, 3.63) is 15.5 Å². The lowest BCUT2D eigenvalue weighted by Crippen LogP contribution is -2.07. The lowest BCUT2D eigenvalue weighted by atomic mass is 10.5. The lowest BCUT2D eigenvalue weighted by molar-refractivity contribution is 0.120. The van der Waals surface area contributed by atoms with Crippen LogP contribution in [-0.4, -0.2) is 23.3 Å². The average Bonchev–Trinajstić information content (AvgIpc) is 2.31. The van der Waals surface area contributed by atoms with Crippen LogP contribution in [0.3, 0.4) is 0 Å². The van der Waals surface area contributed by atoms with Crippen LogP contribution in [0.15, 0.2) is 6.20 Å². The fourth-order valence-electron chi connectivity index (χ4n) is 0.906. The number of aromatic nitrogens is 2. The second-order valence-electron chi connectivity index (χ2n) is 2.47. The number of methoxy groups -OCH3 is 1. The van der Waals surface area contributed by atoms with Crippen LogP contribution in [-0.2, 0) is 17.9 Å². The van der Waals surface area contributed by atoms with Crippen LogP contribution in [0.2, 0.25) is 0 Å². The second-order valence-corrected chi connectivity index (χ2v) is 3.63. The molecule has 0 fully saturated rings. The standard InChI is InChI=1S/C7H9F2IN2O/c1-13-4-6-5(10)2-12(11-6)3-7(8)9/h2,7H,3-4H2,1H3. The summed E-state index contributed by atoms with van der Waals surface area (Å²) in [7, 11) is 1.54. The largest absolute Gasteiger partial charge is 0.378 e. The molecule has 74 valence electrons. The van der Waals surface area contributed by atoms with Crippen LogP contribution in [0, 0.1) is 3.57 Å². The second kappa shape index (κ2) is 4.85. The Morgan fingerprint density at radius 2 is 2.38 bits per heavy atom. The minimum atomic E-state index is -2.37. The first-order valence-corrected chi connectivity index (χ1v) is 4.70. The van der Waals surface area contributed by atoms with Gasteiger partial charge in [0.25, 0.3) is 6.43 Å². The molecule has 1 heterocycles. The summed E-state index contributed by atoms with van der Waals surface area (Å²) < 4.78 is 30.8. The zero-order chi connectivity index (χ0) is 9.84. The monoisotopic (exact) mass is 302 g/mol. The summed E-state index contributed by atoms with van der Waals surface area (Å²) >= 11 is 2.04. The summed E-state index contributed by atoms with van der Waals surface area (Å²) in [6.45, 7) is -0.00573. The molecular weight excluding hydrogens is 293 g/mol. The highest BCUT2D eigenvalue weighted by Crippen LogP contribution is 2.11. The fraction of sp³-hybridized carbons (Fsp3) is 0.571. The van der Waals surface area contributed by atoms with Gasteiger partial charge in [0, 0.05) is 13.3 Å². The first-order chi connectivity index (χ1) is 6.13. The molecule has 0 aliphatic rings. The number of alkyl halides is 2. The summed E-state index contributed by atoms with van der Waals surface area (Å²) in [6.07, 6.45) is -0.785. The molecular formula is C7H9F2IN2O. The molecule has 0 bridgehead atoms. The van der Waals surface area contributed by atoms with E-state index >= 15 is 0 Å². The van der Waals surface area contributed by atoms with Crippen molar-refractivity contribution >= 4 is 22.6 Å². The van der Waals surface area contributed by atoms with E-state index in [9.17, 15) is 8.78 Å². The highest BCUT2D eigenvalue weighted by atomic mass is 127. The topological polar surface area (TPSA) is 27.1 Å². The van der Waals surface area contributed by atoms with Gasteiger partial charge in [0.1, 0.15) is 12.2 Å². The third kappa shape index (κ3) is 3.18. The maximum absolute atomic E-state index is 12.0. The van der Waals surface area contributed by atoms with Gasteiger partial charge >= 0.3 is 0 Å². The molecule has 0 N–H and O–H groups in total. The van der Waals surface area contributed by atoms with Gasteiger partial charge in [0.2, 0.25) is 0 Å². The quantitative estimate of drug-likeness (QED) is 0.794. The number of hydrogen-bond acceptors (Lipinski definition) is 2. The molecule has 0 unspecified atom stereocenters. The molecule has 1 aromatic rings. The first kappa shape index (κ1) is 10.8. The smallest absolute Gasteiger partial charge is 0.257 e. The van der Waals surface area contributed by atoms with E-state index < -0.39 is 6.43 Å². The third-order valence-electron chi connectivity index (χ3n) is 1.39. The number of ether oxygens (including phenoxy) is 1. The van der Waals surface area contributed by atoms with Crippen molar-refractivity contribution in [1.82, 2.24) is 9.78 Å². The van der Waals surface area contributed by atoms with Gasteiger partial charge in [-0.05, 0) is 22.6 Å². The van der Waals surface area contributed by atoms with E-state index in [1.54, 1.807) is 13.3 Å². The zero-order valence-electron chi connectivity index (χ0n) is 7.01. The fourth-order valence-corrected chi connectivity index (χ4v) is 1.49. The minimum Gasteiger partial charge on any atom is -0.378 e. The van der Waals surface area contributed by atoms with Crippen molar-refractivity contribution < 1.29 is 13.5 Å². The van der Waals surface area contributed by atoms with Gasteiger partial charge in [-0.15, -0.1) is 0 Å². The van der Waals surface area contributed by atoms with E-state index in [2.05, 4.69) is 5.10 Å². The number of halogens is 3. The van der Waals surface area contributed by atoms with Crippen molar-refractivity contribution in [2.45, 2.75) is 19.6 Å². The number of rotatable bonds is 4. The summed E-state index contributed by atoms with van der Waals surface area (Å²) in [6, 6.07) is 0. The van der Waals surface area contributed by atoms with Crippen LogP contribution in [0.5, 0.6) is 0 Å². The van der Waals surface area contributed by atoms with Crippen molar-refractivity contribution in [2.75, 3.05) is 7.11 Å². The molecule has 13 heavy (non-hydrogen) atoms. The Balaban J connectivity index is 2.70. The first-order valence-electron chi connectivity index (χ1n) is 3.62. The van der Waals surface area contributed by atoms with E-state index in [0.29, 0.717) is 12.3 Å². The minimum absolute atomic E-state index is 0.356.